The molecule has 0 radical (unpaired) electrons. The van der Waals surface area contributed by atoms with Gasteiger partial charge in [-0.15, -0.1) is 0 Å². The number of rotatable bonds is 5. The van der Waals surface area contributed by atoms with E-state index in [-0.39, 0.29) is 35.6 Å². The first-order valence-corrected chi connectivity index (χ1v) is 16.4. The van der Waals surface area contributed by atoms with E-state index in [9.17, 15) is 2.74 Å². The summed E-state index contributed by atoms with van der Waals surface area (Å²) in [7, 11) is 0. The maximum absolute atomic E-state index is 9.25. The van der Waals surface area contributed by atoms with Crippen LogP contribution in [0.4, 0.5) is 0 Å². The summed E-state index contributed by atoms with van der Waals surface area (Å²) in [5.74, 6) is 1.04. The Morgan fingerprint density at radius 3 is 2.00 bits per heavy atom. The van der Waals surface area contributed by atoms with E-state index < -0.39 is 0 Å². The van der Waals surface area contributed by atoms with Crippen LogP contribution in [-0.4, -0.2) is 19.5 Å². The first-order chi connectivity index (χ1) is 26.4. The molecule has 3 heterocycles. The van der Waals surface area contributed by atoms with Gasteiger partial charge in [-0.25, -0.2) is 4.98 Å². The van der Waals surface area contributed by atoms with E-state index in [1.807, 2.05) is 121 Å². The maximum atomic E-state index is 9.25. The van der Waals surface area contributed by atoms with Gasteiger partial charge in [0.15, 0.2) is 11.6 Å². The third-order valence-electron chi connectivity index (χ3n) is 9.20. The third-order valence-corrected chi connectivity index (χ3v) is 9.20. The van der Waals surface area contributed by atoms with E-state index in [4.69, 9.17) is 22.1 Å². The summed E-state index contributed by atoms with van der Waals surface area (Å²) < 4.78 is 43.9. The van der Waals surface area contributed by atoms with Gasteiger partial charge in [0.2, 0.25) is 5.95 Å². The molecule has 0 saturated heterocycles. The Bertz CT molecular complexity index is 3100. The Morgan fingerprint density at radius 2 is 1.14 bits per heavy atom. The molecule has 0 atom stereocenters. The molecule has 0 aliphatic rings. The van der Waals surface area contributed by atoms with Gasteiger partial charge in [0.05, 0.1) is 16.5 Å². The van der Waals surface area contributed by atoms with Crippen molar-refractivity contribution in [3.05, 3.63) is 170 Å². The lowest BCUT2D eigenvalue weighted by atomic mass is 9.96. The lowest BCUT2D eigenvalue weighted by molar-refractivity contribution is 0.669. The van der Waals surface area contributed by atoms with Crippen LogP contribution < -0.4 is 0 Å². The van der Waals surface area contributed by atoms with Gasteiger partial charge in [-0.2, -0.15) is 9.97 Å². The molecule has 0 bridgehead atoms. The summed E-state index contributed by atoms with van der Waals surface area (Å²) in [4.78, 5) is 15.0. The van der Waals surface area contributed by atoms with E-state index in [0.717, 1.165) is 44.2 Å². The topological polar surface area (TPSA) is 56.7 Å². The van der Waals surface area contributed by atoms with Crippen molar-refractivity contribution >= 4 is 43.7 Å². The molecule has 50 heavy (non-hydrogen) atoms. The predicted molar refractivity (Wildman–Crippen MR) is 203 cm³/mol. The molecular weight excluding hydrogens is 613 g/mol. The van der Waals surface area contributed by atoms with Crippen molar-refractivity contribution in [1.82, 2.24) is 19.5 Å². The Labute approximate surface area is 293 Å². The fourth-order valence-corrected chi connectivity index (χ4v) is 6.88. The second kappa shape index (κ2) is 11.4. The number of nitrogens with zero attached hydrogens (tertiary/aromatic N) is 4. The van der Waals surface area contributed by atoms with E-state index in [1.54, 1.807) is 4.57 Å². The summed E-state index contributed by atoms with van der Waals surface area (Å²) in [5.41, 5.74) is 7.74. The molecule has 10 rings (SSSR count). The van der Waals surface area contributed by atoms with Gasteiger partial charge < -0.3 is 4.42 Å². The minimum absolute atomic E-state index is 0.130. The van der Waals surface area contributed by atoms with Crippen LogP contribution in [0.5, 0.6) is 0 Å². The van der Waals surface area contributed by atoms with Crippen molar-refractivity contribution in [3.8, 4) is 51.0 Å². The van der Waals surface area contributed by atoms with Crippen molar-refractivity contribution in [3.63, 3.8) is 0 Å². The highest BCUT2D eigenvalue weighted by atomic mass is 16.3. The van der Waals surface area contributed by atoms with Crippen LogP contribution in [-0.2, 0) is 0 Å². The number of fused-ring (bicyclic) bond motifs is 6. The number of furan rings is 1. The summed E-state index contributed by atoms with van der Waals surface area (Å²) in [6, 6.07) is 46.7. The smallest absolute Gasteiger partial charge is 0.238 e. The monoisotopic (exact) mass is 644 g/mol. The molecule has 3 aromatic heterocycles. The highest BCUT2D eigenvalue weighted by molar-refractivity contribution is 6.15. The molecule has 0 N–H and O–H groups in total. The Balaban J connectivity index is 1.27. The fraction of sp³-hybridized carbons (Fsp3) is 0. The molecular formula is C45H28N4O. The summed E-state index contributed by atoms with van der Waals surface area (Å²) >= 11 is 0. The number of hydrogen-bond donors (Lipinski definition) is 0. The molecule has 234 valence electrons. The van der Waals surface area contributed by atoms with Gasteiger partial charge in [0, 0.05) is 32.7 Å². The van der Waals surface area contributed by atoms with Gasteiger partial charge in [0.1, 0.15) is 11.2 Å². The Hall–Kier alpha value is -6.85. The van der Waals surface area contributed by atoms with Gasteiger partial charge in [-0.05, 0) is 58.6 Å². The average molecular weight is 645 g/mol. The number of para-hydroxylation sites is 2. The molecule has 0 spiro atoms. The van der Waals surface area contributed by atoms with Crippen molar-refractivity contribution in [2.75, 3.05) is 0 Å². The summed E-state index contributed by atoms with van der Waals surface area (Å²) in [6.07, 6.45) is 0. The molecule has 0 aliphatic carbocycles. The lowest BCUT2D eigenvalue weighted by Gasteiger charge is -2.11. The van der Waals surface area contributed by atoms with Crippen molar-refractivity contribution < 1.29 is 9.90 Å². The average Bonchev–Trinajstić information content (AvgIpc) is 3.79. The second-order valence-electron chi connectivity index (χ2n) is 12.2. The van der Waals surface area contributed by atoms with Gasteiger partial charge >= 0.3 is 0 Å². The van der Waals surface area contributed by atoms with E-state index in [1.165, 1.54) is 0 Å². The summed E-state index contributed by atoms with van der Waals surface area (Å²) in [6.45, 7) is 0. The normalized spacial score (nSPS) is 12.7. The Morgan fingerprint density at radius 1 is 0.460 bits per heavy atom. The minimum Gasteiger partial charge on any atom is -0.456 e. The van der Waals surface area contributed by atoms with E-state index in [0.29, 0.717) is 39.1 Å². The van der Waals surface area contributed by atoms with E-state index >= 15 is 0 Å². The van der Waals surface area contributed by atoms with Crippen LogP contribution in [0.2, 0.25) is 0 Å². The van der Waals surface area contributed by atoms with Crippen LogP contribution >= 0.6 is 0 Å². The zero-order valence-corrected chi connectivity index (χ0v) is 26.6. The van der Waals surface area contributed by atoms with Crippen LogP contribution in [0.3, 0.4) is 0 Å². The second-order valence-corrected chi connectivity index (χ2v) is 12.2. The van der Waals surface area contributed by atoms with Crippen LogP contribution in [0.15, 0.2) is 174 Å². The third kappa shape index (κ3) is 4.60. The SMILES string of the molecule is [2H]c1c([2H])c([2H])c2c(c1[2H])c1c(-c3cccc(-c4ccccc4)c3)cccc1n2-c1nc(-c2ccccc2)nc(-c2ccc3c(c2)oc2ccccc23)n1. The number of aromatic nitrogens is 4. The molecule has 10 aromatic rings. The van der Waals surface area contributed by atoms with Gasteiger partial charge in [-0.3, -0.25) is 4.57 Å². The molecule has 5 heteroatoms. The van der Waals surface area contributed by atoms with Gasteiger partial charge in [0.25, 0.3) is 0 Å². The number of hydrogen-bond acceptors (Lipinski definition) is 4. The van der Waals surface area contributed by atoms with Crippen molar-refractivity contribution in [2.24, 2.45) is 0 Å². The highest BCUT2D eigenvalue weighted by Gasteiger charge is 2.20. The molecule has 0 amide bonds. The quantitative estimate of drug-likeness (QED) is 0.187. The standard InChI is InChI=1S/C45H28N4O/c1-3-13-29(14-4-1)31-17-11-18-32(27-31)34-21-12-23-39-42(34)37-20-7-9-22-38(37)49(39)45-47-43(30-15-5-2-6-16-30)46-44(48-45)33-25-26-36-35-19-8-10-24-40(35)50-41(36)28-33/h1-28H/i7D,9D,20D,22D. The molecule has 0 aliphatic heterocycles. The molecule has 0 saturated carbocycles. The fourth-order valence-electron chi connectivity index (χ4n) is 6.88. The van der Waals surface area contributed by atoms with E-state index in [2.05, 4.69) is 24.3 Å². The summed E-state index contributed by atoms with van der Waals surface area (Å²) in [5, 5.41) is 3.07. The molecule has 0 unspecified atom stereocenters. The Kier molecular flexibility index (Phi) is 5.54. The molecule has 7 aromatic carbocycles. The predicted octanol–water partition coefficient (Wildman–Crippen LogP) is 11.5. The van der Waals surface area contributed by atoms with Crippen molar-refractivity contribution in [1.29, 1.82) is 0 Å². The highest BCUT2D eigenvalue weighted by Crippen LogP contribution is 2.39. The maximum Gasteiger partial charge on any atom is 0.238 e. The van der Waals surface area contributed by atoms with Crippen LogP contribution in [0, 0.1) is 0 Å². The van der Waals surface area contributed by atoms with Crippen molar-refractivity contribution in [2.45, 2.75) is 0 Å². The first-order valence-electron chi connectivity index (χ1n) is 18.4. The van der Waals surface area contributed by atoms with Crippen LogP contribution in [0.1, 0.15) is 5.48 Å². The first kappa shape index (κ1) is 24.3. The zero-order valence-electron chi connectivity index (χ0n) is 30.6. The van der Waals surface area contributed by atoms with Gasteiger partial charge in [-0.1, -0.05) is 133 Å². The molecule has 5 nitrogen and oxygen atoms in total. The number of benzene rings is 7. The zero-order chi connectivity index (χ0) is 36.5. The largest absolute Gasteiger partial charge is 0.456 e. The van der Waals surface area contributed by atoms with Crippen LogP contribution in [0.25, 0.3) is 94.7 Å². The lowest BCUT2D eigenvalue weighted by Crippen LogP contribution is -2.06. The molecule has 0 fully saturated rings. The minimum atomic E-state index is -0.336.